The van der Waals surface area contributed by atoms with Gasteiger partial charge in [-0.3, -0.25) is 4.99 Å². The summed E-state index contributed by atoms with van der Waals surface area (Å²) >= 11 is 0. The van der Waals surface area contributed by atoms with Gasteiger partial charge in [0.15, 0.2) is 0 Å². The summed E-state index contributed by atoms with van der Waals surface area (Å²) in [5.41, 5.74) is 5.77. The van der Waals surface area contributed by atoms with E-state index < -0.39 is 0 Å². The molecule has 0 bridgehead atoms. The summed E-state index contributed by atoms with van der Waals surface area (Å²) in [4.78, 5) is 6.91. The first kappa shape index (κ1) is 11.5. The molecule has 1 unspecified atom stereocenters. The fraction of sp³-hybridized carbons (Fsp3) is 0.909. The van der Waals surface area contributed by atoms with Crippen LogP contribution in [0.1, 0.15) is 33.1 Å². The average Bonchev–Trinajstić information content (AvgIpc) is 2.63. The van der Waals surface area contributed by atoms with Crippen molar-refractivity contribution >= 4 is 5.84 Å². The number of likely N-dealkylation sites (tertiary alicyclic amines) is 1. The molecule has 1 aliphatic rings. The molecule has 14 heavy (non-hydrogen) atoms. The molecule has 0 aliphatic carbocycles. The second kappa shape index (κ2) is 6.02. The zero-order chi connectivity index (χ0) is 10.4. The predicted octanol–water partition coefficient (Wildman–Crippen LogP) is 1.49. The van der Waals surface area contributed by atoms with Crippen LogP contribution in [-0.2, 0) is 0 Å². The minimum atomic E-state index is 0.741. The van der Waals surface area contributed by atoms with E-state index in [1.807, 2.05) is 0 Å². The fourth-order valence-electron chi connectivity index (χ4n) is 1.93. The molecule has 1 atom stereocenters. The Kier molecular flexibility index (Phi) is 4.94. The summed E-state index contributed by atoms with van der Waals surface area (Å²) < 4.78 is 0. The molecule has 0 aromatic heterocycles. The van der Waals surface area contributed by atoms with Crippen molar-refractivity contribution in [1.82, 2.24) is 4.90 Å². The summed E-state index contributed by atoms with van der Waals surface area (Å²) in [5.74, 6) is 1.58. The Morgan fingerprint density at radius 3 is 2.86 bits per heavy atom. The van der Waals surface area contributed by atoms with Gasteiger partial charge in [-0.1, -0.05) is 13.8 Å². The van der Waals surface area contributed by atoms with Crippen molar-refractivity contribution in [3.8, 4) is 0 Å². The molecule has 3 heteroatoms. The molecule has 1 fully saturated rings. The highest BCUT2D eigenvalue weighted by atomic mass is 15.1. The van der Waals surface area contributed by atoms with Gasteiger partial charge in [-0.05, 0) is 31.8 Å². The standard InChI is InChI=1S/C11H23N3/c1-3-5-11(12)13-8-10-6-7-14(4-2)9-10/h10H,3-9H2,1-2H3,(H2,12,13). The molecule has 2 N–H and O–H groups in total. The lowest BCUT2D eigenvalue weighted by Crippen LogP contribution is -2.21. The van der Waals surface area contributed by atoms with Crippen LogP contribution in [0.3, 0.4) is 0 Å². The predicted molar refractivity (Wildman–Crippen MR) is 61.6 cm³/mol. The Labute approximate surface area is 87.4 Å². The molecule has 1 aliphatic heterocycles. The lowest BCUT2D eigenvalue weighted by molar-refractivity contribution is 0.344. The maximum absolute atomic E-state index is 5.77. The molecule has 0 aromatic rings. The summed E-state index contributed by atoms with van der Waals surface area (Å²) in [6.07, 6.45) is 3.34. The lowest BCUT2D eigenvalue weighted by Gasteiger charge is -2.11. The summed E-state index contributed by atoms with van der Waals surface area (Å²) in [7, 11) is 0. The number of nitrogens with two attached hydrogens (primary N) is 1. The Hall–Kier alpha value is -0.570. The Balaban J connectivity index is 2.22. The van der Waals surface area contributed by atoms with E-state index >= 15 is 0 Å². The second-order valence-electron chi connectivity index (χ2n) is 4.13. The first-order valence-electron chi connectivity index (χ1n) is 5.77. The topological polar surface area (TPSA) is 41.6 Å². The Morgan fingerprint density at radius 2 is 2.29 bits per heavy atom. The maximum Gasteiger partial charge on any atom is 0.0937 e. The van der Waals surface area contributed by atoms with Gasteiger partial charge in [0, 0.05) is 19.5 Å². The van der Waals surface area contributed by atoms with Crippen molar-refractivity contribution in [2.45, 2.75) is 33.1 Å². The van der Waals surface area contributed by atoms with Crippen LogP contribution in [0.15, 0.2) is 4.99 Å². The van der Waals surface area contributed by atoms with Gasteiger partial charge < -0.3 is 10.6 Å². The van der Waals surface area contributed by atoms with E-state index in [4.69, 9.17) is 5.73 Å². The highest BCUT2D eigenvalue weighted by Crippen LogP contribution is 2.15. The van der Waals surface area contributed by atoms with Crippen molar-refractivity contribution in [2.24, 2.45) is 16.6 Å². The van der Waals surface area contributed by atoms with Gasteiger partial charge >= 0.3 is 0 Å². The normalized spacial score (nSPS) is 24.4. The van der Waals surface area contributed by atoms with Crippen molar-refractivity contribution in [2.75, 3.05) is 26.2 Å². The first-order valence-corrected chi connectivity index (χ1v) is 5.77. The molecule has 0 radical (unpaired) electrons. The third-order valence-electron chi connectivity index (χ3n) is 2.88. The number of amidine groups is 1. The Morgan fingerprint density at radius 1 is 1.50 bits per heavy atom. The van der Waals surface area contributed by atoms with Gasteiger partial charge in [-0.15, -0.1) is 0 Å². The molecular formula is C11H23N3. The number of hydrogen-bond donors (Lipinski definition) is 1. The van der Waals surface area contributed by atoms with Crippen LogP contribution in [0, 0.1) is 5.92 Å². The van der Waals surface area contributed by atoms with Crippen LogP contribution in [0.25, 0.3) is 0 Å². The van der Waals surface area contributed by atoms with E-state index in [0.29, 0.717) is 0 Å². The second-order valence-corrected chi connectivity index (χ2v) is 4.13. The van der Waals surface area contributed by atoms with Crippen LogP contribution in [0.4, 0.5) is 0 Å². The van der Waals surface area contributed by atoms with Crippen LogP contribution in [-0.4, -0.2) is 36.9 Å². The molecular weight excluding hydrogens is 174 g/mol. The van der Waals surface area contributed by atoms with Gasteiger partial charge in [0.1, 0.15) is 0 Å². The number of nitrogens with zero attached hydrogens (tertiary/aromatic N) is 2. The van der Waals surface area contributed by atoms with Crippen molar-refractivity contribution in [1.29, 1.82) is 0 Å². The smallest absolute Gasteiger partial charge is 0.0937 e. The van der Waals surface area contributed by atoms with Gasteiger partial charge in [0.2, 0.25) is 0 Å². The molecule has 3 nitrogen and oxygen atoms in total. The highest BCUT2D eigenvalue weighted by molar-refractivity contribution is 5.80. The number of rotatable bonds is 5. The average molecular weight is 197 g/mol. The van der Waals surface area contributed by atoms with E-state index in [1.54, 1.807) is 0 Å². The molecule has 0 amide bonds. The molecule has 1 heterocycles. The van der Waals surface area contributed by atoms with E-state index in [-0.39, 0.29) is 0 Å². The Bertz CT molecular complexity index is 189. The maximum atomic E-state index is 5.77. The molecule has 0 spiro atoms. The molecule has 1 saturated heterocycles. The fourth-order valence-corrected chi connectivity index (χ4v) is 1.93. The zero-order valence-electron chi connectivity index (χ0n) is 9.50. The van der Waals surface area contributed by atoms with E-state index in [9.17, 15) is 0 Å². The summed E-state index contributed by atoms with van der Waals surface area (Å²) in [5, 5.41) is 0. The largest absolute Gasteiger partial charge is 0.387 e. The van der Waals surface area contributed by atoms with E-state index in [1.165, 1.54) is 26.1 Å². The van der Waals surface area contributed by atoms with Gasteiger partial charge in [0.25, 0.3) is 0 Å². The number of aliphatic imine (C=N–C) groups is 1. The number of hydrogen-bond acceptors (Lipinski definition) is 2. The van der Waals surface area contributed by atoms with Crippen LogP contribution in [0.2, 0.25) is 0 Å². The molecule has 1 rings (SSSR count). The third kappa shape index (κ3) is 3.66. The van der Waals surface area contributed by atoms with Gasteiger partial charge in [-0.2, -0.15) is 0 Å². The highest BCUT2D eigenvalue weighted by Gasteiger charge is 2.20. The minimum Gasteiger partial charge on any atom is -0.387 e. The van der Waals surface area contributed by atoms with Crippen molar-refractivity contribution < 1.29 is 0 Å². The third-order valence-corrected chi connectivity index (χ3v) is 2.88. The van der Waals surface area contributed by atoms with Crippen LogP contribution >= 0.6 is 0 Å². The van der Waals surface area contributed by atoms with Crippen LogP contribution in [0.5, 0.6) is 0 Å². The van der Waals surface area contributed by atoms with Crippen LogP contribution < -0.4 is 5.73 Å². The van der Waals surface area contributed by atoms with Gasteiger partial charge in [0.05, 0.1) is 5.84 Å². The SMILES string of the molecule is CCCC(N)=NCC1CCN(CC)C1. The molecule has 0 saturated carbocycles. The summed E-state index contributed by atoms with van der Waals surface area (Å²) in [6.45, 7) is 8.91. The molecule has 82 valence electrons. The van der Waals surface area contributed by atoms with Crippen molar-refractivity contribution in [3.63, 3.8) is 0 Å². The summed E-state index contributed by atoms with van der Waals surface area (Å²) in [6, 6.07) is 0. The minimum absolute atomic E-state index is 0.741. The van der Waals surface area contributed by atoms with Crippen molar-refractivity contribution in [3.05, 3.63) is 0 Å². The monoisotopic (exact) mass is 197 g/mol. The van der Waals surface area contributed by atoms with Gasteiger partial charge in [-0.25, -0.2) is 0 Å². The molecule has 0 aromatic carbocycles. The first-order chi connectivity index (χ1) is 6.76. The van der Waals surface area contributed by atoms with E-state index in [0.717, 1.165) is 31.1 Å². The van der Waals surface area contributed by atoms with E-state index in [2.05, 4.69) is 23.7 Å². The lowest BCUT2D eigenvalue weighted by atomic mass is 10.1. The zero-order valence-corrected chi connectivity index (χ0v) is 9.50. The quantitative estimate of drug-likeness (QED) is 0.536.